The Balaban J connectivity index is 2.20. The standard InChI is InChI=1S/C16H15F3N2O2/c1-10-3-6-14(23-10)15(2,22)9-21-12-5-4-11(8-20)13(7-12)16(17,18)19/h3-7,21-22H,9H2,1-2H3. The van der Waals surface area contributed by atoms with Gasteiger partial charge in [-0.25, -0.2) is 0 Å². The highest BCUT2D eigenvalue weighted by atomic mass is 19.4. The third-order valence-electron chi connectivity index (χ3n) is 3.35. The number of halogens is 3. The minimum Gasteiger partial charge on any atom is -0.463 e. The number of nitrogens with one attached hydrogen (secondary N) is 1. The molecule has 0 spiro atoms. The lowest BCUT2D eigenvalue weighted by Gasteiger charge is -2.22. The number of nitrogens with zero attached hydrogens (tertiary/aromatic N) is 1. The van der Waals surface area contributed by atoms with E-state index in [0.717, 1.165) is 12.1 Å². The molecule has 0 fully saturated rings. The average Bonchev–Trinajstić information content (AvgIpc) is 2.91. The Kier molecular flexibility index (Phi) is 4.39. The molecule has 23 heavy (non-hydrogen) atoms. The number of aliphatic hydroxyl groups is 1. The van der Waals surface area contributed by atoms with Gasteiger partial charge in [-0.05, 0) is 44.2 Å². The fourth-order valence-electron chi connectivity index (χ4n) is 2.07. The van der Waals surface area contributed by atoms with Crippen LogP contribution in [0.5, 0.6) is 0 Å². The zero-order chi connectivity index (χ0) is 17.3. The van der Waals surface area contributed by atoms with Crippen LogP contribution >= 0.6 is 0 Å². The first kappa shape index (κ1) is 16.9. The van der Waals surface area contributed by atoms with Crippen LogP contribution in [0.2, 0.25) is 0 Å². The summed E-state index contributed by atoms with van der Waals surface area (Å²) in [5.74, 6) is 0.935. The third kappa shape index (κ3) is 3.85. The Morgan fingerprint density at radius 1 is 1.26 bits per heavy atom. The second-order valence-electron chi connectivity index (χ2n) is 5.41. The van der Waals surface area contributed by atoms with E-state index in [1.54, 1.807) is 19.1 Å². The van der Waals surface area contributed by atoms with E-state index < -0.39 is 22.9 Å². The van der Waals surface area contributed by atoms with E-state index in [4.69, 9.17) is 9.68 Å². The smallest absolute Gasteiger partial charge is 0.417 e. The fraction of sp³-hybridized carbons (Fsp3) is 0.312. The molecule has 0 bridgehead atoms. The molecule has 4 nitrogen and oxygen atoms in total. The van der Waals surface area contributed by atoms with Gasteiger partial charge < -0.3 is 14.8 Å². The van der Waals surface area contributed by atoms with Crippen molar-refractivity contribution in [2.45, 2.75) is 25.6 Å². The van der Waals surface area contributed by atoms with Gasteiger partial charge >= 0.3 is 6.18 Å². The van der Waals surface area contributed by atoms with Crippen LogP contribution < -0.4 is 5.32 Å². The first-order valence-electron chi connectivity index (χ1n) is 6.78. The lowest BCUT2D eigenvalue weighted by Crippen LogP contribution is -2.30. The predicted molar refractivity (Wildman–Crippen MR) is 77.7 cm³/mol. The maximum atomic E-state index is 12.9. The van der Waals surface area contributed by atoms with E-state index in [1.165, 1.54) is 19.1 Å². The van der Waals surface area contributed by atoms with Crippen molar-refractivity contribution in [2.75, 3.05) is 11.9 Å². The number of anilines is 1. The number of nitriles is 1. The minimum absolute atomic E-state index is 0.0524. The number of hydrogen-bond donors (Lipinski definition) is 2. The van der Waals surface area contributed by atoms with Crippen LogP contribution in [0.15, 0.2) is 34.7 Å². The van der Waals surface area contributed by atoms with Gasteiger partial charge in [0.15, 0.2) is 0 Å². The van der Waals surface area contributed by atoms with Crippen LogP contribution in [-0.4, -0.2) is 11.7 Å². The molecular weight excluding hydrogens is 309 g/mol. The molecule has 0 aliphatic rings. The Morgan fingerprint density at radius 2 is 1.96 bits per heavy atom. The molecule has 0 radical (unpaired) electrons. The largest absolute Gasteiger partial charge is 0.463 e. The summed E-state index contributed by atoms with van der Waals surface area (Å²) in [6, 6.07) is 8.12. The highest BCUT2D eigenvalue weighted by Crippen LogP contribution is 2.34. The summed E-state index contributed by atoms with van der Waals surface area (Å²) < 4.78 is 44.1. The molecule has 1 heterocycles. The summed E-state index contributed by atoms with van der Waals surface area (Å²) in [5.41, 5.74) is -2.70. The molecule has 0 aliphatic heterocycles. The van der Waals surface area contributed by atoms with Crippen LogP contribution in [0.3, 0.4) is 0 Å². The van der Waals surface area contributed by atoms with Gasteiger partial charge in [0.25, 0.3) is 0 Å². The maximum absolute atomic E-state index is 12.9. The molecule has 0 saturated carbocycles. The number of aryl methyl sites for hydroxylation is 1. The highest BCUT2D eigenvalue weighted by Gasteiger charge is 2.34. The van der Waals surface area contributed by atoms with E-state index in [-0.39, 0.29) is 12.2 Å². The van der Waals surface area contributed by atoms with Gasteiger partial charge in [-0.15, -0.1) is 0 Å². The third-order valence-corrected chi connectivity index (χ3v) is 3.35. The first-order valence-corrected chi connectivity index (χ1v) is 6.78. The molecule has 0 amide bonds. The lowest BCUT2D eigenvalue weighted by molar-refractivity contribution is -0.137. The van der Waals surface area contributed by atoms with E-state index in [1.807, 2.05) is 0 Å². The fourth-order valence-corrected chi connectivity index (χ4v) is 2.07. The van der Waals surface area contributed by atoms with E-state index in [9.17, 15) is 18.3 Å². The molecule has 122 valence electrons. The van der Waals surface area contributed by atoms with Crippen molar-refractivity contribution < 1.29 is 22.7 Å². The molecule has 1 unspecified atom stereocenters. The van der Waals surface area contributed by atoms with E-state index >= 15 is 0 Å². The van der Waals surface area contributed by atoms with Gasteiger partial charge in [-0.1, -0.05) is 0 Å². The van der Waals surface area contributed by atoms with Crippen molar-refractivity contribution in [3.05, 3.63) is 53.0 Å². The van der Waals surface area contributed by atoms with Crippen LogP contribution in [0, 0.1) is 18.3 Å². The number of furan rings is 1. The predicted octanol–water partition coefficient (Wildman–Crippen LogP) is 3.80. The van der Waals surface area contributed by atoms with Crippen molar-refractivity contribution in [1.29, 1.82) is 5.26 Å². The normalized spacial score (nSPS) is 14.1. The van der Waals surface area contributed by atoms with Gasteiger partial charge in [0.2, 0.25) is 0 Å². The Morgan fingerprint density at radius 3 is 2.48 bits per heavy atom. The molecule has 1 atom stereocenters. The van der Waals surface area contributed by atoms with Gasteiger partial charge in [0.1, 0.15) is 17.1 Å². The monoisotopic (exact) mass is 324 g/mol. The van der Waals surface area contributed by atoms with Gasteiger partial charge in [0.05, 0.1) is 23.7 Å². The quantitative estimate of drug-likeness (QED) is 0.897. The second kappa shape index (κ2) is 5.97. The number of hydrogen-bond acceptors (Lipinski definition) is 4. The summed E-state index contributed by atoms with van der Waals surface area (Å²) in [6.07, 6.45) is -4.62. The van der Waals surface area contributed by atoms with E-state index in [0.29, 0.717) is 11.5 Å². The zero-order valence-electron chi connectivity index (χ0n) is 12.5. The van der Waals surface area contributed by atoms with Crippen LogP contribution in [-0.2, 0) is 11.8 Å². The number of alkyl halides is 3. The Labute approximate surface area is 131 Å². The maximum Gasteiger partial charge on any atom is 0.417 e. The van der Waals surface area contributed by atoms with Crippen molar-refractivity contribution >= 4 is 5.69 Å². The molecular formula is C16H15F3N2O2. The molecule has 0 aliphatic carbocycles. The Hall–Kier alpha value is -2.46. The summed E-state index contributed by atoms with van der Waals surface area (Å²) in [7, 11) is 0. The zero-order valence-corrected chi connectivity index (χ0v) is 12.5. The summed E-state index contributed by atoms with van der Waals surface area (Å²) in [5, 5.41) is 21.9. The van der Waals surface area contributed by atoms with Crippen LogP contribution in [0.4, 0.5) is 18.9 Å². The average molecular weight is 324 g/mol. The summed E-state index contributed by atoms with van der Waals surface area (Å²) in [4.78, 5) is 0. The lowest BCUT2D eigenvalue weighted by atomic mass is 10.0. The van der Waals surface area contributed by atoms with Gasteiger partial charge in [-0.3, -0.25) is 0 Å². The van der Waals surface area contributed by atoms with Crippen molar-refractivity contribution in [1.82, 2.24) is 0 Å². The summed E-state index contributed by atoms with van der Waals surface area (Å²) in [6.45, 7) is 3.17. The molecule has 0 saturated heterocycles. The molecule has 1 aromatic heterocycles. The summed E-state index contributed by atoms with van der Waals surface area (Å²) >= 11 is 0. The number of benzene rings is 1. The van der Waals surface area contributed by atoms with Crippen molar-refractivity contribution in [3.63, 3.8) is 0 Å². The topological polar surface area (TPSA) is 69.2 Å². The molecule has 2 aromatic rings. The van der Waals surface area contributed by atoms with Gasteiger partial charge in [-0.2, -0.15) is 18.4 Å². The van der Waals surface area contributed by atoms with Crippen LogP contribution in [0.1, 0.15) is 29.6 Å². The SMILES string of the molecule is Cc1ccc(C(C)(O)CNc2ccc(C#N)c(C(F)(F)F)c2)o1. The van der Waals surface area contributed by atoms with Crippen LogP contribution in [0.25, 0.3) is 0 Å². The number of rotatable bonds is 4. The van der Waals surface area contributed by atoms with Gasteiger partial charge in [0, 0.05) is 5.69 Å². The second-order valence-corrected chi connectivity index (χ2v) is 5.41. The minimum atomic E-state index is -4.62. The molecule has 2 rings (SSSR count). The van der Waals surface area contributed by atoms with Crippen molar-refractivity contribution in [3.8, 4) is 6.07 Å². The molecule has 2 N–H and O–H groups in total. The first-order chi connectivity index (χ1) is 10.6. The Bertz CT molecular complexity index is 743. The van der Waals surface area contributed by atoms with E-state index in [2.05, 4.69) is 5.32 Å². The molecule has 1 aromatic carbocycles. The highest BCUT2D eigenvalue weighted by molar-refractivity contribution is 5.53. The van der Waals surface area contributed by atoms with Crippen molar-refractivity contribution in [2.24, 2.45) is 0 Å². The molecule has 7 heteroatoms.